The Kier molecular flexibility index (Phi) is 7.90. The van der Waals surface area contributed by atoms with E-state index in [0.717, 1.165) is 25.9 Å². The molecule has 0 radical (unpaired) electrons. The minimum absolute atomic E-state index is 0. The van der Waals surface area contributed by atoms with Gasteiger partial charge in [0.2, 0.25) is 5.91 Å². The fourth-order valence-corrected chi connectivity index (χ4v) is 1.59. The van der Waals surface area contributed by atoms with Gasteiger partial charge in [-0.3, -0.25) is 4.79 Å². The van der Waals surface area contributed by atoms with Crippen molar-refractivity contribution in [2.24, 2.45) is 0 Å². The van der Waals surface area contributed by atoms with Crippen LogP contribution in [0.15, 0.2) is 0 Å². The molecular formula is C10H21ClN2O. The van der Waals surface area contributed by atoms with Crippen LogP contribution < -0.4 is 10.6 Å². The fourth-order valence-electron chi connectivity index (χ4n) is 1.59. The second-order valence-corrected chi connectivity index (χ2v) is 3.70. The fraction of sp³-hybridized carbons (Fsp3) is 0.900. The third-order valence-corrected chi connectivity index (χ3v) is 2.47. The quantitative estimate of drug-likeness (QED) is 0.737. The van der Waals surface area contributed by atoms with Gasteiger partial charge in [-0.2, -0.15) is 0 Å². The number of carbonyl (C=O) groups is 1. The Morgan fingerprint density at radius 3 is 2.93 bits per heavy atom. The highest BCUT2D eigenvalue weighted by molar-refractivity contribution is 5.85. The normalized spacial score (nSPS) is 20.2. The molecule has 1 amide bonds. The lowest BCUT2D eigenvalue weighted by Crippen LogP contribution is -2.37. The number of unbranched alkanes of at least 4 members (excludes halogenated alkanes) is 1. The second kappa shape index (κ2) is 8.06. The van der Waals surface area contributed by atoms with Crippen molar-refractivity contribution < 1.29 is 4.79 Å². The van der Waals surface area contributed by atoms with E-state index in [-0.39, 0.29) is 18.3 Å². The summed E-state index contributed by atoms with van der Waals surface area (Å²) in [6.45, 7) is 4.02. The first-order chi connectivity index (χ1) is 6.33. The highest BCUT2D eigenvalue weighted by Gasteiger charge is 2.13. The topological polar surface area (TPSA) is 41.1 Å². The lowest BCUT2D eigenvalue weighted by molar-refractivity contribution is -0.121. The number of halogens is 1. The van der Waals surface area contributed by atoms with Crippen LogP contribution in [0.4, 0.5) is 0 Å². The van der Waals surface area contributed by atoms with Gasteiger partial charge in [-0.25, -0.2) is 0 Å². The maximum absolute atomic E-state index is 11.2. The molecule has 1 saturated heterocycles. The maximum Gasteiger partial charge on any atom is 0.220 e. The molecule has 4 heteroatoms. The van der Waals surface area contributed by atoms with E-state index in [9.17, 15) is 4.79 Å². The molecule has 3 nitrogen and oxygen atoms in total. The highest BCUT2D eigenvalue weighted by Crippen LogP contribution is 2.03. The molecule has 0 spiro atoms. The van der Waals surface area contributed by atoms with Crippen molar-refractivity contribution in [3.05, 3.63) is 0 Å². The smallest absolute Gasteiger partial charge is 0.220 e. The maximum atomic E-state index is 11.2. The first-order valence-corrected chi connectivity index (χ1v) is 5.33. The van der Waals surface area contributed by atoms with Gasteiger partial charge < -0.3 is 10.6 Å². The van der Waals surface area contributed by atoms with Gasteiger partial charge in [0.1, 0.15) is 0 Å². The molecule has 2 N–H and O–H groups in total. The zero-order valence-corrected chi connectivity index (χ0v) is 9.66. The zero-order valence-electron chi connectivity index (χ0n) is 8.84. The number of rotatable bonds is 5. The summed E-state index contributed by atoms with van der Waals surface area (Å²) in [5.41, 5.74) is 0. The number of amides is 1. The van der Waals surface area contributed by atoms with Crippen LogP contribution in [0.1, 0.15) is 39.0 Å². The van der Waals surface area contributed by atoms with Crippen molar-refractivity contribution in [3.63, 3.8) is 0 Å². The van der Waals surface area contributed by atoms with Gasteiger partial charge in [0.25, 0.3) is 0 Å². The molecule has 0 aliphatic carbocycles. The molecule has 0 saturated carbocycles. The molecule has 1 rings (SSSR count). The lowest BCUT2D eigenvalue weighted by atomic mass is 10.2. The van der Waals surface area contributed by atoms with Crippen LogP contribution >= 0.6 is 12.4 Å². The van der Waals surface area contributed by atoms with Crippen molar-refractivity contribution in [3.8, 4) is 0 Å². The molecule has 14 heavy (non-hydrogen) atoms. The van der Waals surface area contributed by atoms with Crippen LogP contribution in [-0.4, -0.2) is 25.0 Å². The predicted molar refractivity (Wildman–Crippen MR) is 60.8 cm³/mol. The van der Waals surface area contributed by atoms with Crippen LogP contribution in [0.3, 0.4) is 0 Å². The Bertz CT molecular complexity index is 158. The Labute approximate surface area is 92.4 Å². The van der Waals surface area contributed by atoms with Crippen LogP contribution in [0.2, 0.25) is 0 Å². The summed E-state index contributed by atoms with van der Waals surface area (Å²) in [4.78, 5) is 11.2. The Hall–Kier alpha value is -0.280. The first kappa shape index (κ1) is 13.7. The molecule has 1 heterocycles. The van der Waals surface area contributed by atoms with Crippen molar-refractivity contribution >= 4 is 18.3 Å². The van der Waals surface area contributed by atoms with Crippen molar-refractivity contribution in [2.75, 3.05) is 13.1 Å². The van der Waals surface area contributed by atoms with Crippen LogP contribution in [0, 0.1) is 0 Å². The van der Waals surface area contributed by atoms with Crippen molar-refractivity contribution in [1.82, 2.24) is 10.6 Å². The van der Waals surface area contributed by atoms with Crippen molar-refractivity contribution in [2.45, 2.75) is 45.1 Å². The zero-order chi connectivity index (χ0) is 9.52. The number of carbonyl (C=O) groups excluding carboxylic acids is 1. The summed E-state index contributed by atoms with van der Waals surface area (Å²) in [6, 6.07) is 0.519. The molecule has 84 valence electrons. The lowest BCUT2D eigenvalue weighted by Gasteiger charge is -2.10. The van der Waals surface area contributed by atoms with Crippen molar-refractivity contribution in [1.29, 1.82) is 0 Å². The first-order valence-electron chi connectivity index (χ1n) is 5.33. The van der Waals surface area contributed by atoms with E-state index in [1.54, 1.807) is 0 Å². The third kappa shape index (κ3) is 5.45. The largest absolute Gasteiger partial charge is 0.355 e. The summed E-state index contributed by atoms with van der Waals surface area (Å²) in [5, 5.41) is 6.31. The molecule has 0 unspecified atom stereocenters. The highest BCUT2D eigenvalue weighted by atomic mass is 35.5. The van der Waals surface area contributed by atoms with E-state index in [4.69, 9.17) is 0 Å². The summed E-state index contributed by atoms with van der Waals surface area (Å²) >= 11 is 0. The van der Waals surface area contributed by atoms with E-state index < -0.39 is 0 Å². The van der Waals surface area contributed by atoms with E-state index in [1.165, 1.54) is 12.8 Å². The molecule has 1 aliphatic heterocycles. The minimum Gasteiger partial charge on any atom is -0.355 e. The van der Waals surface area contributed by atoms with Gasteiger partial charge in [-0.1, -0.05) is 13.3 Å². The summed E-state index contributed by atoms with van der Waals surface area (Å²) in [7, 11) is 0. The van der Waals surface area contributed by atoms with Gasteiger partial charge in [-0.15, -0.1) is 12.4 Å². The molecule has 1 fully saturated rings. The van der Waals surface area contributed by atoms with E-state index in [0.29, 0.717) is 12.5 Å². The van der Waals surface area contributed by atoms with E-state index in [2.05, 4.69) is 17.6 Å². The molecule has 1 atom stereocenters. The molecule has 0 aromatic rings. The van der Waals surface area contributed by atoms with Gasteiger partial charge in [0.05, 0.1) is 0 Å². The minimum atomic E-state index is 0. The Morgan fingerprint density at radius 2 is 2.36 bits per heavy atom. The predicted octanol–water partition coefficient (Wildman–Crippen LogP) is 1.47. The summed E-state index contributed by atoms with van der Waals surface area (Å²) in [6.07, 6.45) is 5.23. The van der Waals surface area contributed by atoms with E-state index in [1.807, 2.05) is 0 Å². The molecule has 0 aromatic heterocycles. The number of nitrogens with one attached hydrogen (secondary N) is 2. The molecular weight excluding hydrogens is 200 g/mol. The monoisotopic (exact) mass is 220 g/mol. The van der Waals surface area contributed by atoms with E-state index >= 15 is 0 Å². The van der Waals surface area contributed by atoms with Crippen LogP contribution in [0.5, 0.6) is 0 Å². The molecule has 0 aromatic carbocycles. The molecule has 1 aliphatic rings. The number of hydrogen-bond donors (Lipinski definition) is 2. The third-order valence-electron chi connectivity index (χ3n) is 2.47. The van der Waals surface area contributed by atoms with Gasteiger partial charge in [0.15, 0.2) is 0 Å². The van der Waals surface area contributed by atoms with Crippen LogP contribution in [0.25, 0.3) is 0 Å². The second-order valence-electron chi connectivity index (χ2n) is 3.70. The van der Waals surface area contributed by atoms with Crippen LogP contribution in [-0.2, 0) is 4.79 Å². The average Bonchev–Trinajstić information content (AvgIpc) is 2.64. The standard InChI is InChI=1S/C10H20N2O.ClH/c1-2-3-6-10(13)12-8-9-5-4-7-11-9;/h9,11H,2-8H2,1H3,(H,12,13);1H/t9-;/m1./s1. The Balaban J connectivity index is 0.00000169. The average molecular weight is 221 g/mol. The molecule has 0 bridgehead atoms. The van der Waals surface area contributed by atoms with Gasteiger partial charge in [0, 0.05) is 19.0 Å². The van der Waals surface area contributed by atoms with Gasteiger partial charge in [-0.05, 0) is 25.8 Å². The number of hydrogen-bond acceptors (Lipinski definition) is 2. The SMILES string of the molecule is CCCCC(=O)NC[C@H]1CCCN1.Cl. The summed E-state index contributed by atoms with van der Waals surface area (Å²) in [5.74, 6) is 0.204. The summed E-state index contributed by atoms with van der Waals surface area (Å²) < 4.78 is 0. The Morgan fingerprint density at radius 1 is 1.57 bits per heavy atom. The van der Waals surface area contributed by atoms with Gasteiger partial charge >= 0.3 is 0 Å².